The summed E-state index contributed by atoms with van der Waals surface area (Å²) in [4.78, 5) is 12.8. The summed E-state index contributed by atoms with van der Waals surface area (Å²) in [5.74, 6) is 0.553. The van der Waals surface area contributed by atoms with Gasteiger partial charge in [-0.15, -0.1) is 0 Å². The molecule has 23 heavy (non-hydrogen) atoms. The molecule has 0 aliphatic rings. The van der Waals surface area contributed by atoms with E-state index in [9.17, 15) is 4.79 Å². The summed E-state index contributed by atoms with van der Waals surface area (Å²) in [6, 6.07) is 11.6. The van der Waals surface area contributed by atoms with Crippen LogP contribution in [0.5, 0.6) is 0 Å². The number of halogens is 2. The van der Waals surface area contributed by atoms with Gasteiger partial charge in [0.2, 0.25) is 0 Å². The van der Waals surface area contributed by atoms with Crippen LogP contribution in [0.2, 0.25) is 5.02 Å². The molecular weight excluding hydrogens is 421 g/mol. The molecule has 2 rings (SSSR count). The molecule has 4 heteroatoms. The summed E-state index contributed by atoms with van der Waals surface area (Å²) in [6.45, 7) is 8.55. The van der Waals surface area contributed by atoms with Crippen LogP contribution < -0.4 is 5.32 Å². The quantitative estimate of drug-likeness (QED) is 0.543. The summed E-state index contributed by atoms with van der Waals surface area (Å²) in [6.07, 6.45) is 0. The Morgan fingerprint density at radius 1 is 1.04 bits per heavy atom. The normalized spacial score (nSPS) is 11.1. The number of hydrogen-bond acceptors (Lipinski definition) is 1. The van der Waals surface area contributed by atoms with E-state index in [1.165, 1.54) is 0 Å². The van der Waals surface area contributed by atoms with Gasteiger partial charge in [0.05, 0.1) is 5.56 Å². The van der Waals surface area contributed by atoms with E-state index in [-0.39, 0.29) is 5.91 Å². The van der Waals surface area contributed by atoms with Crippen LogP contribution >= 0.6 is 34.2 Å². The number of amides is 1. The molecule has 122 valence electrons. The summed E-state index contributed by atoms with van der Waals surface area (Å²) >= 11 is 8.20. The lowest BCUT2D eigenvalue weighted by Crippen LogP contribution is -2.17. The van der Waals surface area contributed by atoms with Crippen LogP contribution in [0.15, 0.2) is 36.4 Å². The Bertz CT molecular complexity index is 699. The fourth-order valence-electron chi connectivity index (χ4n) is 2.55. The molecule has 0 aromatic heterocycles. The van der Waals surface area contributed by atoms with E-state index in [1.807, 2.05) is 6.07 Å². The minimum Gasteiger partial charge on any atom is -0.321 e. The SMILES string of the molecule is CC(C)c1cccc(C(C)C)c1NC(=O)c1cc(Cl)ccc1I. The molecule has 0 bridgehead atoms. The topological polar surface area (TPSA) is 29.1 Å². The van der Waals surface area contributed by atoms with Gasteiger partial charge in [0.25, 0.3) is 5.91 Å². The number of rotatable bonds is 4. The molecule has 1 N–H and O–H groups in total. The molecule has 0 saturated heterocycles. The minimum absolute atomic E-state index is 0.119. The zero-order valence-corrected chi connectivity index (χ0v) is 16.7. The van der Waals surface area contributed by atoms with Crippen LogP contribution in [0, 0.1) is 3.57 Å². The molecule has 2 aromatic rings. The van der Waals surface area contributed by atoms with Crippen molar-refractivity contribution in [1.29, 1.82) is 0 Å². The van der Waals surface area contributed by atoms with E-state index in [0.29, 0.717) is 22.4 Å². The lowest BCUT2D eigenvalue weighted by molar-refractivity contribution is 0.102. The molecular formula is C19H21ClINO. The predicted octanol–water partition coefficient (Wildman–Crippen LogP) is 6.44. The predicted molar refractivity (Wildman–Crippen MR) is 107 cm³/mol. The summed E-state index contributed by atoms with van der Waals surface area (Å²) in [7, 11) is 0. The van der Waals surface area contributed by atoms with Gasteiger partial charge in [0.1, 0.15) is 0 Å². The molecule has 0 spiro atoms. The molecule has 0 saturated carbocycles. The Balaban J connectivity index is 2.46. The molecule has 0 aliphatic carbocycles. The van der Waals surface area contributed by atoms with E-state index in [2.05, 4.69) is 73.8 Å². The van der Waals surface area contributed by atoms with Crippen LogP contribution in [0.4, 0.5) is 5.69 Å². The molecule has 0 atom stereocenters. The molecule has 2 aromatic carbocycles. The average Bonchev–Trinajstić information content (AvgIpc) is 2.49. The largest absolute Gasteiger partial charge is 0.321 e. The van der Waals surface area contributed by atoms with Crippen molar-refractivity contribution >= 4 is 45.8 Å². The van der Waals surface area contributed by atoms with Crippen LogP contribution in [0.25, 0.3) is 0 Å². The number of nitrogens with one attached hydrogen (secondary N) is 1. The Kier molecular flexibility index (Phi) is 6.09. The second-order valence-electron chi connectivity index (χ2n) is 6.20. The highest BCUT2D eigenvalue weighted by Gasteiger charge is 2.18. The van der Waals surface area contributed by atoms with Crippen LogP contribution in [-0.2, 0) is 0 Å². The molecule has 0 heterocycles. The lowest BCUT2D eigenvalue weighted by Gasteiger charge is -2.20. The fraction of sp³-hybridized carbons (Fsp3) is 0.316. The van der Waals surface area contributed by atoms with E-state index in [0.717, 1.165) is 20.4 Å². The summed E-state index contributed by atoms with van der Waals surface area (Å²) in [5.41, 5.74) is 3.84. The highest BCUT2D eigenvalue weighted by Crippen LogP contribution is 2.33. The van der Waals surface area contributed by atoms with Crippen molar-refractivity contribution in [2.45, 2.75) is 39.5 Å². The molecule has 0 radical (unpaired) electrons. The average molecular weight is 442 g/mol. The van der Waals surface area contributed by atoms with Gasteiger partial charge in [-0.3, -0.25) is 4.79 Å². The number of hydrogen-bond donors (Lipinski definition) is 1. The maximum atomic E-state index is 12.8. The third kappa shape index (κ3) is 4.27. The monoisotopic (exact) mass is 441 g/mol. The van der Waals surface area contributed by atoms with Gasteiger partial charge in [-0.1, -0.05) is 57.5 Å². The first-order chi connectivity index (χ1) is 10.8. The zero-order chi connectivity index (χ0) is 17.1. The second kappa shape index (κ2) is 7.67. The molecule has 1 amide bonds. The molecule has 0 aliphatic heterocycles. The number of para-hydroxylation sites is 1. The minimum atomic E-state index is -0.119. The van der Waals surface area contributed by atoms with E-state index in [1.54, 1.807) is 12.1 Å². The second-order valence-corrected chi connectivity index (χ2v) is 7.80. The van der Waals surface area contributed by atoms with Gasteiger partial charge in [-0.25, -0.2) is 0 Å². The van der Waals surface area contributed by atoms with Crippen LogP contribution in [0.1, 0.15) is 61.0 Å². The third-order valence-corrected chi connectivity index (χ3v) is 4.96. The zero-order valence-electron chi connectivity index (χ0n) is 13.8. The lowest BCUT2D eigenvalue weighted by atomic mass is 9.92. The van der Waals surface area contributed by atoms with Gasteiger partial charge in [-0.05, 0) is 63.8 Å². The van der Waals surface area contributed by atoms with Gasteiger partial charge >= 0.3 is 0 Å². The van der Waals surface area contributed by atoms with E-state index in [4.69, 9.17) is 11.6 Å². The molecule has 0 fully saturated rings. The summed E-state index contributed by atoms with van der Waals surface area (Å²) in [5, 5.41) is 3.69. The van der Waals surface area contributed by atoms with E-state index >= 15 is 0 Å². The first-order valence-corrected chi connectivity index (χ1v) is 9.16. The van der Waals surface area contributed by atoms with Gasteiger partial charge in [-0.2, -0.15) is 0 Å². The summed E-state index contributed by atoms with van der Waals surface area (Å²) < 4.78 is 0.887. The smallest absolute Gasteiger partial charge is 0.256 e. The van der Waals surface area contributed by atoms with Crippen molar-refractivity contribution in [3.63, 3.8) is 0 Å². The van der Waals surface area contributed by atoms with Gasteiger partial charge in [0.15, 0.2) is 0 Å². The number of benzene rings is 2. The Labute approximate surface area is 156 Å². The standard InChI is InChI=1S/C19H21ClINO/c1-11(2)14-6-5-7-15(12(3)4)18(14)22-19(23)16-10-13(20)8-9-17(16)21/h5-12H,1-4H3,(H,22,23). The van der Waals surface area contributed by atoms with Crippen molar-refractivity contribution in [3.8, 4) is 0 Å². The van der Waals surface area contributed by atoms with Crippen molar-refractivity contribution in [2.75, 3.05) is 5.32 Å². The highest BCUT2D eigenvalue weighted by atomic mass is 127. The third-order valence-electron chi connectivity index (χ3n) is 3.78. The van der Waals surface area contributed by atoms with Crippen molar-refractivity contribution in [3.05, 3.63) is 61.7 Å². The van der Waals surface area contributed by atoms with Crippen molar-refractivity contribution in [1.82, 2.24) is 0 Å². The fourth-order valence-corrected chi connectivity index (χ4v) is 3.30. The highest BCUT2D eigenvalue weighted by molar-refractivity contribution is 14.1. The Morgan fingerprint density at radius 3 is 2.13 bits per heavy atom. The number of carbonyl (C=O) groups is 1. The number of carbonyl (C=O) groups excluding carboxylic acids is 1. The van der Waals surface area contributed by atoms with Crippen molar-refractivity contribution in [2.24, 2.45) is 0 Å². The maximum absolute atomic E-state index is 12.8. The first kappa shape index (κ1) is 18.3. The number of anilines is 1. The van der Waals surface area contributed by atoms with Gasteiger partial charge in [0, 0.05) is 14.3 Å². The van der Waals surface area contributed by atoms with Crippen LogP contribution in [0.3, 0.4) is 0 Å². The Hall–Kier alpha value is -1.07. The maximum Gasteiger partial charge on any atom is 0.256 e. The van der Waals surface area contributed by atoms with Gasteiger partial charge < -0.3 is 5.32 Å². The van der Waals surface area contributed by atoms with E-state index < -0.39 is 0 Å². The van der Waals surface area contributed by atoms with Crippen LogP contribution in [-0.4, -0.2) is 5.91 Å². The van der Waals surface area contributed by atoms with Crippen molar-refractivity contribution < 1.29 is 4.79 Å². The first-order valence-electron chi connectivity index (χ1n) is 7.70. The molecule has 0 unspecified atom stereocenters. The molecule has 2 nitrogen and oxygen atoms in total. The Morgan fingerprint density at radius 2 is 1.61 bits per heavy atom.